The highest BCUT2D eigenvalue weighted by atomic mass is 32.1. The number of nitrogens with zero attached hydrogens (tertiary/aromatic N) is 2. The van der Waals surface area contributed by atoms with Gasteiger partial charge in [0.05, 0.1) is 6.10 Å². The summed E-state index contributed by atoms with van der Waals surface area (Å²) in [6, 6.07) is 4.73. The van der Waals surface area contributed by atoms with Gasteiger partial charge < -0.3 is 20.7 Å². The van der Waals surface area contributed by atoms with Crippen molar-refractivity contribution < 1.29 is 14.3 Å². The molecule has 0 radical (unpaired) electrons. The number of nitrogens with two attached hydrogens (primary N) is 1. The van der Waals surface area contributed by atoms with Crippen LogP contribution < -0.4 is 11.1 Å². The largest absolute Gasteiger partial charge is 0.377 e. The van der Waals surface area contributed by atoms with Crippen molar-refractivity contribution in [1.82, 2.24) is 15.1 Å². The van der Waals surface area contributed by atoms with E-state index in [1.807, 2.05) is 16.2 Å². The van der Waals surface area contributed by atoms with Crippen LogP contribution >= 0.6 is 11.3 Å². The van der Waals surface area contributed by atoms with Crippen LogP contribution in [-0.4, -0.2) is 71.6 Å². The molecule has 5 rings (SSSR count). The zero-order valence-electron chi connectivity index (χ0n) is 21.1. The number of hydrogen-bond acceptors (Lipinski definition) is 6. The van der Waals surface area contributed by atoms with Crippen LogP contribution in [0, 0.1) is 12.8 Å². The summed E-state index contributed by atoms with van der Waals surface area (Å²) in [6.07, 6.45) is 9.83. The molecule has 35 heavy (non-hydrogen) atoms. The lowest BCUT2D eigenvalue weighted by atomic mass is 9.90. The number of nitrogens with one attached hydrogen (secondary N) is 1. The molecule has 3 atom stereocenters. The lowest BCUT2D eigenvalue weighted by Crippen LogP contribution is -2.59. The first-order valence-electron chi connectivity index (χ1n) is 13.7. The zero-order valence-corrected chi connectivity index (χ0v) is 21.9. The quantitative estimate of drug-likeness (QED) is 0.570. The molecule has 0 aromatic carbocycles. The molecule has 7 nitrogen and oxygen atoms in total. The van der Waals surface area contributed by atoms with Gasteiger partial charge in [-0.05, 0) is 83.3 Å². The smallest absolute Gasteiger partial charge is 0.243 e. The number of likely N-dealkylation sites (tertiary alicyclic amines) is 1. The summed E-state index contributed by atoms with van der Waals surface area (Å²) in [6.45, 7) is 5.45. The van der Waals surface area contributed by atoms with Gasteiger partial charge in [0.2, 0.25) is 11.8 Å². The Hall–Kier alpha value is -1.48. The summed E-state index contributed by atoms with van der Waals surface area (Å²) in [7, 11) is 0. The first-order valence-corrected chi connectivity index (χ1v) is 14.6. The second kappa shape index (κ2) is 11.3. The molecular formula is C27H42N4O3S. The third-order valence-corrected chi connectivity index (χ3v) is 9.32. The predicted octanol–water partition coefficient (Wildman–Crippen LogP) is 3.19. The van der Waals surface area contributed by atoms with E-state index in [2.05, 4.69) is 29.3 Å². The van der Waals surface area contributed by atoms with Crippen molar-refractivity contribution in [1.29, 1.82) is 0 Å². The molecule has 4 fully saturated rings. The van der Waals surface area contributed by atoms with Crippen molar-refractivity contribution >= 4 is 23.2 Å². The van der Waals surface area contributed by atoms with Crippen LogP contribution in [0.1, 0.15) is 74.0 Å². The molecule has 3 heterocycles. The van der Waals surface area contributed by atoms with Crippen LogP contribution in [-0.2, 0) is 20.9 Å². The van der Waals surface area contributed by atoms with Crippen LogP contribution in [0.4, 0.5) is 0 Å². The number of carbonyl (C=O) groups is 2. The normalized spacial score (nSPS) is 31.6. The number of aryl methyl sites for hydroxylation is 1. The average Bonchev–Trinajstić information content (AvgIpc) is 3.43. The molecule has 2 aliphatic carbocycles. The molecule has 3 N–H and O–H groups in total. The monoisotopic (exact) mass is 502 g/mol. The van der Waals surface area contributed by atoms with Gasteiger partial charge in [-0.1, -0.05) is 0 Å². The summed E-state index contributed by atoms with van der Waals surface area (Å²) in [4.78, 5) is 33.9. The van der Waals surface area contributed by atoms with Gasteiger partial charge in [-0.25, -0.2) is 0 Å². The van der Waals surface area contributed by atoms with E-state index in [0.29, 0.717) is 13.0 Å². The summed E-state index contributed by atoms with van der Waals surface area (Å²) in [5.41, 5.74) is 6.08. The molecule has 2 saturated heterocycles. The van der Waals surface area contributed by atoms with Crippen molar-refractivity contribution in [3.05, 3.63) is 21.9 Å². The third kappa shape index (κ3) is 6.45. The fourth-order valence-electron chi connectivity index (χ4n) is 6.08. The van der Waals surface area contributed by atoms with Crippen molar-refractivity contribution in [2.45, 2.75) is 108 Å². The molecule has 2 amide bonds. The van der Waals surface area contributed by atoms with Gasteiger partial charge in [-0.15, -0.1) is 11.3 Å². The fourth-order valence-corrected chi connectivity index (χ4v) is 7.00. The van der Waals surface area contributed by atoms with Crippen LogP contribution in [0.15, 0.2) is 12.1 Å². The highest BCUT2D eigenvalue weighted by Crippen LogP contribution is 2.35. The van der Waals surface area contributed by atoms with E-state index in [-0.39, 0.29) is 48.0 Å². The number of hydrogen-bond donors (Lipinski definition) is 2. The fraction of sp³-hybridized carbons (Fsp3) is 0.778. The molecule has 0 bridgehead atoms. The number of thiophene rings is 1. The Labute approximate surface area is 213 Å². The summed E-state index contributed by atoms with van der Waals surface area (Å²) in [5, 5.41) is 3.31. The van der Waals surface area contributed by atoms with Gasteiger partial charge >= 0.3 is 0 Å². The number of amides is 2. The number of rotatable bonds is 8. The third-order valence-electron chi connectivity index (χ3n) is 8.34. The van der Waals surface area contributed by atoms with Crippen LogP contribution in [0.2, 0.25) is 0 Å². The van der Waals surface area contributed by atoms with E-state index < -0.39 is 0 Å². The minimum Gasteiger partial charge on any atom is -0.377 e. The van der Waals surface area contributed by atoms with Gasteiger partial charge in [-0.3, -0.25) is 14.5 Å². The van der Waals surface area contributed by atoms with Crippen LogP contribution in [0.5, 0.6) is 0 Å². The molecule has 194 valence electrons. The molecule has 2 unspecified atom stereocenters. The Morgan fingerprint density at radius 3 is 2.60 bits per heavy atom. The van der Waals surface area contributed by atoms with Gasteiger partial charge in [0.25, 0.3) is 0 Å². The second-order valence-corrected chi connectivity index (χ2v) is 12.6. The summed E-state index contributed by atoms with van der Waals surface area (Å²) in [5.74, 6) is 0.355. The Morgan fingerprint density at radius 2 is 1.94 bits per heavy atom. The molecule has 1 aromatic heterocycles. The standard InChI is InChI=1S/C27H42N4O3S/c1-18-4-11-24(35-18)17-30(16-23-3-2-14-34-23)22-12-13-31(27(33)19-5-6-19)25(15-22)26(32)29-21-9-7-20(28)8-10-21/h4,11,19-23,25H,2-3,5-10,12-17,28H2,1H3,(H,29,32)/t20?,21?,22?,23?,25-/m1/s1. The molecular weight excluding hydrogens is 460 g/mol. The topological polar surface area (TPSA) is 87.9 Å². The number of carbonyl (C=O) groups excluding carboxylic acids is 2. The second-order valence-electron chi connectivity index (χ2n) is 11.2. The van der Waals surface area contributed by atoms with E-state index >= 15 is 0 Å². The first kappa shape index (κ1) is 25.2. The van der Waals surface area contributed by atoms with Gasteiger partial charge in [0.1, 0.15) is 6.04 Å². The molecule has 2 aliphatic heterocycles. The summed E-state index contributed by atoms with van der Waals surface area (Å²) < 4.78 is 6.01. The lowest BCUT2D eigenvalue weighted by Gasteiger charge is -2.44. The van der Waals surface area contributed by atoms with Gasteiger partial charge in [0.15, 0.2) is 0 Å². The number of ether oxygens (including phenoxy) is 1. The Kier molecular flexibility index (Phi) is 8.12. The van der Waals surface area contributed by atoms with Crippen LogP contribution in [0.25, 0.3) is 0 Å². The van der Waals surface area contributed by atoms with Crippen LogP contribution in [0.3, 0.4) is 0 Å². The van der Waals surface area contributed by atoms with Crippen molar-refractivity contribution in [2.24, 2.45) is 11.7 Å². The highest BCUT2D eigenvalue weighted by molar-refractivity contribution is 7.11. The lowest BCUT2D eigenvalue weighted by molar-refractivity contribution is -0.145. The van der Waals surface area contributed by atoms with E-state index in [0.717, 1.165) is 77.5 Å². The molecule has 1 aromatic rings. The first-order chi connectivity index (χ1) is 17.0. The minimum atomic E-state index is -0.380. The van der Waals surface area contributed by atoms with E-state index in [1.165, 1.54) is 9.75 Å². The molecule has 4 aliphatic rings. The maximum absolute atomic E-state index is 13.6. The maximum atomic E-state index is 13.6. The van der Waals surface area contributed by atoms with E-state index in [9.17, 15) is 9.59 Å². The van der Waals surface area contributed by atoms with E-state index in [1.54, 1.807) is 0 Å². The van der Waals surface area contributed by atoms with Gasteiger partial charge in [0, 0.05) is 60.0 Å². The Morgan fingerprint density at radius 1 is 1.14 bits per heavy atom. The Balaban J connectivity index is 1.30. The SMILES string of the molecule is Cc1ccc(CN(CC2CCCO2)C2CCN(C(=O)C3CC3)[C@@H](C(=O)NC3CCC(N)CC3)C2)s1. The molecule has 0 spiro atoms. The van der Waals surface area contributed by atoms with Crippen molar-refractivity contribution in [2.75, 3.05) is 19.7 Å². The molecule has 2 saturated carbocycles. The minimum absolute atomic E-state index is 0.0354. The van der Waals surface area contributed by atoms with Crippen molar-refractivity contribution in [3.8, 4) is 0 Å². The van der Waals surface area contributed by atoms with Crippen molar-refractivity contribution in [3.63, 3.8) is 0 Å². The summed E-state index contributed by atoms with van der Waals surface area (Å²) >= 11 is 1.85. The van der Waals surface area contributed by atoms with E-state index in [4.69, 9.17) is 10.5 Å². The Bertz CT molecular complexity index is 874. The molecule has 8 heteroatoms. The predicted molar refractivity (Wildman–Crippen MR) is 138 cm³/mol. The zero-order chi connectivity index (χ0) is 24.4. The number of piperidine rings is 1. The maximum Gasteiger partial charge on any atom is 0.243 e. The average molecular weight is 503 g/mol. The highest BCUT2D eigenvalue weighted by Gasteiger charge is 2.43. The van der Waals surface area contributed by atoms with Gasteiger partial charge in [-0.2, -0.15) is 0 Å².